The zero-order valence-electron chi connectivity index (χ0n) is 16.8. The first-order chi connectivity index (χ1) is 14.2. The molecular formula is C23H31NO5. The molecule has 0 saturated heterocycles. The molecular weight excluding hydrogens is 370 g/mol. The van der Waals surface area contributed by atoms with Gasteiger partial charge in [0.2, 0.25) is 0 Å². The van der Waals surface area contributed by atoms with E-state index in [1.165, 1.54) is 0 Å². The van der Waals surface area contributed by atoms with Crippen molar-refractivity contribution < 1.29 is 24.5 Å². The number of benzene rings is 2. The van der Waals surface area contributed by atoms with Crippen molar-refractivity contribution in [2.45, 2.75) is 25.4 Å². The predicted molar refractivity (Wildman–Crippen MR) is 112 cm³/mol. The van der Waals surface area contributed by atoms with Crippen LogP contribution in [0.25, 0.3) is 0 Å². The molecule has 6 heteroatoms. The van der Waals surface area contributed by atoms with Gasteiger partial charge in [-0.25, -0.2) is 0 Å². The average molecular weight is 402 g/mol. The van der Waals surface area contributed by atoms with Crippen LogP contribution in [0.5, 0.6) is 0 Å². The molecule has 0 radical (unpaired) electrons. The van der Waals surface area contributed by atoms with Crippen LogP contribution in [-0.2, 0) is 16.0 Å². The number of nitrogens with one attached hydrogen (secondary N) is 1. The molecule has 2 rings (SSSR count). The Bertz CT molecular complexity index is 678. The van der Waals surface area contributed by atoms with Crippen molar-refractivity contribution >= 4 is 5.78 Å². The van der Waals surface area contributed by atoms with E-state index in [2.05, 4.69) is 5.32 Å². The zero-order valence-corrected chi connectivity index (χ0v) is 16.8. The van der Waals surface area contributed by atoms with Gasteiger partial charge >= 0.3 is 0 Å². The number of rotatable bonds is 15. The van der Waals surface area contributed by atoms with E-state index in [0.717, 1.165) is 18.4 Å². The molecule has 0 unspecified atom stereocenters. The Morgan fingerprint density at radius 2 is 1.34 bits per heavy atom. The van der Waals surface area contributed by atoms with E-state index in [-0.39, 0.29) is 25.0 Å². The molecule has 0 atom stereocenters. The van der Waals surface area contributed by atoms with Gasteiger partial charge < -0.3 is 25.0 Å². The number of hydrogen-bond donors (Lipinski definition) is 3. The third-order valence-corrected chi connectivity index (χ3v) is 4.54. The van der Waals surface area contributed by atoms with Crippen LogP contribution >= 0.6 is 0 Å². The van der Waals surface area contributed by atoms with Crippen molar-refractivity contribution in [1.29, 1.82) is 0 Å². The molecule has 6 nitrogen and oxygen atoms in total. The maximum Gasteiger partial charge on any atom is 0.193 e. The van der Waals surface area contributed by atoms with Crippen molar-refractivity contribution in [1.82, 2.24) is 5.32 Å². The second kappa shape index (κ2) is 14.0. The lowest BCUT2D eigenvalue weighted by Crippen LogP contribution is -2.31. The molecule has 158 valence electrons. The van der Waals surface area contributed by atoms with Gasteiger partial charge in [-0.3, -0.25) is 4.79 Å². The minimum atomic E-state index is 0.0186. The third-order valence-electron chi connectivity index (χ3n) is 4.54. The second-order valence-corrected chi connectivity index (χ2v) is 6.72. The van der Waals surface area contributed by atoms with Gasteiger partial charge in [0, 0.05) is 36.9 Å². The summed E-state index contributed by atoms with van der Waals surface area (Å²) >= 11 is 0. The molecule has 0 heterocycles. The first-order valence-electron chi connectivity index (χ1n) is 10.0. The molecule has 0 aliphatic rings. The first kappa shape index (κ1) is 23.2. The van der Waals surface area contributed by atoms with Gasteiger partial charge in [0.1, 0.15) is 0 Å². The fraction of sp³-hybridized carbons (Fsp3) is 0.435. The van der Waals surface area contributed by atoms with Crippen molar-refractivity contribution in [2.75, 3.05) is 39.6 Å². The highest BCUT2D eigenvalue weighted by atomic mass is 16.5. The van der Waals surface area contributed by atoms with E-state index < -0.39 is 0 Å². The van der Waals surface area contributed by atoms with Crippen LogP contribution in [0.1, 0.15) is 34.3 Å². The minimum absolute atomic E-state index is 0.0186. The summed E-state index contributed by atoms with van der Waals surface area (Å²) < 4.78 is 10.7. The van der Waals surface area contributed by atoms with Crippen LogP contribution in [0.3, 0.4) is 0 Å². The molecule has 0 aliphatic carbocycles. The Balaban J connectivity index is 1.85. The van der Waals surface area contributed by atoms with E-state index in [1.807, 2.05) is 54.6 Å². The summed E-state index contributed by atoms with van der Waals surface area (Å²) in [5.41, 5.74) is 2.45. The lowest BCUT2D eigenvalue weighted by atomic mass is 10.0. The van der Waals surface area contributed by atoms with E-state index >= 15 is 0 Å². The van der Waals surface area contributed by atoms with Gasteiger partial charge in [0.05, 0.1) is 26.4 Å². The SMILES string of the molecule is O=C(c1ccccc1)c1ccc(CNC(CCOCCO)CCOCCO)cc1. The molecule has 3 N–H and O–H groups in total. The third kappa shape index (κ3) is 8.85. The molecule has 2 aromatic carbocycles. The quantitative estimate of drug-likeness (QED) is 0.313. The summed E-state index contributed by atoms with van der Waals surface area (Å²) in [6.07, 6.45) is 1.60. The molecule has 0 saturated carbocycles. The summed E-state index contributed by atoms with van der Waals surface area (Å²) in [6.45, 7) is 2.50. The van der Waals surface area contributed by atoms with Crippen LogP contribution < -0.4 is 5.32 Å². The zero-order chi connectivity index (χ0) is 20.7. The van der Waals surface area contributed by atoms with Crippen LogP contribution in [0.15, 0.2) is 54.6 Å². The Kier molecular flexibility index (Phi) is 11.2. The highest BCUT2D eigenvalue weighted by Gasteiger charge is 2.10. The Morgan fingerprint density at radius 1 is 0.793 bits per heavy atom. The van der Waals surface area contributed by atoms with Crippen LogP contribution in [0, 0.1) is 0 Å². The summed E-state index contributed by atoms with van der Waals surface area (Å²) in [7, 11) is 0. The van der Waals surface area contributed by atoms with Gasteiger partial charge in [-0.2, -0.15) is 0 Å². The molecule has 0 aromatic heterocycles. The van der Waals surface area contributed by atoms with Crippen molar-refractivity contribution in [3.63, 3.8) is 0 Å². The minimum Gasteiger partial charge on any atom is -0.394 e. The number of aliphatic hydroxyl groups excluding tert-OH is 2. The average Bonchev–Trinajstić information content (AvgIpc) is 2.77. The highest BCUT2D eigenvalue weighted by Crippen LogP contribution is 2.12. The summed E-state index contributed by atoms with van der Waals surface area (Å²) in [5.74, 6) is 0.0186. The van der Waals surface area contributed by atoms with Gasteiger partial charge in [0.25, 0.3) is 0 Å². The fourth-order valence-electron chi connectivity index (χ4n) is 2.93. The molecule has 0 bridgehead atoms. The molecule has 0 fully saturated rings. The van der Waals surface area contributed by atoms with E-state index in [4.69, 9.17) is 19.7 Å². The van der Waals surface area contributed by atoms with E-state index in [9.17, 15) is 4.79 Å². The molecule has 0 aliphatic heterocycles. The summed E-state index contributed by atoms with van der Waals surface area (Å²) in [5, 5.41) is 21.1. The lowest BCUT2D eigenvalue weighted by Gasteiger charge is -2.19. The maximum absolute atomic E-state index is 12.5. The van der Waals surface area contributed by atoms with Crippen molar-refractivity contribution in [2.24, 2.45) is 0 Å². The Hall–Kier alpha value is -2.09. The van der Waals surface area contributed by atoms with Crippen molar-refractivity contribution in [3.8, 4) is 0 Å². The van der Waals surface area contributed by atoms with Gasteiger partial charge in [-0.1, -0.05) is 54.6 Å². The number of carbonyl (C=O) groups is 1. The summed E-state index contributed by atoms with van der Waals surface area (Å²) in [4.78, 5) is 12.5. The summed E-state index contributed by atoms with van der Waals surface area (Å²) in [6, 6.07) is 17.1. The van der Waals surface area contributed by atoms with Crippen molar-refractivity contribution in [3.05, 3.63) is 71.3 Å². The number of carbonyl (C=O) groups excluding carboxylic acids is 1. The Morgan fingerprint density at radius 3 is 1.90 bits per heavy atom. The number of ketones is 1. The fourth-order valence-corrected chi connectivity index (χ4v) is 2.93. The monoisotopic (exact) mass is 401 g/mol. The normalized spacial score (nSPS) is 11.1. The molecule has 0 amide bonds. The van der Waals surface area contributed by atoms with Crippen LogP contribution in [-0.4, -0.2) is 61.7 Å². The highest BCUT2D eigenvalue weighted by molar-refractivity contribution is 6.08. The second-order valence-electron chi connectivity index (χ2n) is 6.72. The Labute approximate surface area is 172 Å². The lowest BCUT2D eigenvalue weighted by molar-refractivity contribution is 0.0706. The first-order valence-corrected chi connectivity index (χ1v) is 10.0. The van der Waals surface area contributed by atoms with Crippen LogP contribution in [0.4, 0.5) is 0 Å². The standard InChI is InChI=1S/C23H31NO5/c25-12-16-28-14-10-22(11-15-29-17-13-26)24-18-19-6-8-21(9-7-19)23(27)20-4-2-1-3-5-20/h1-9,22,24-26H,10-18H2. The maximum atomic E-state index is 12.5. The van der Waals surface area contributed by atoms with Gasteiger partial charge in [0.15, 0.2) is 5.78 Å². The van der Waals surface area contributed by atoms with E-state index in [1.54, 1.807) is 0 Å². The smallest absolute Gasteiger partial charge is 0.193 e. The van der Waals surface area contributed by atoms with E-state index in [0.29, 0.717) is 44.1 Å². The number of ether oxygens (including phenoxy) is 2. The topological polar surface area (TPSA) is 88.0 Å². The number of aliphatic hydroxyl groups is 2. The van der Waals surface area contributed by atoms with Gasteiger partial charge in [-0.15, -0.1) is 0 Å². The molecule has 29 heavy (non-hydrogen) atoms. The largest absolute Gasteiger partial charge is 0.394 e. The predicted octanol–water partition coefficient (Wildman–Crippen LogP) is 2.17. The van der Waals surface area contributed by atoms with Gasteiger partial charge in [-0.05, 0) is 18.4 Å². The van der Waals surface area contributed by atoms with Crippen LogP contribution in [0.2, 0.25) is 0 Å². The molecule has 2 aromatic rings. The molecule has 0 spiro atoms. The number of hydrogen-bond acceptors (Lipinski definition) is 6.